The highest BCUT2D eigenvalue weighted by molar-refractivity contribution is 6.33. The molecule has 3 rings (SSSR count). The summed E-state index contributed by atoms with van der Waals surface area (Å²) in [6, 6.07) is 12.5. The van der Waals surface area contributed by atoms with Crippen molar-refractivity contribution in [2.24, 2.45) is 0 Å². The van der Waals surface area contributed by atoms with Crippen molar-refractivity contribution >= 4 is 34.8 Å². The van der Waals surface area contributed by atoms with Crippen LogP contribution in [0.2, 0.25) is 5.02 Å². The normalized spacial score (nSPS) is 13.9. The fourth-order valence-corrected chi connectivity index (χ4v) is 3.68. The molecule has 1 aliphatic heterocycles. The summed E-state index contributed by atoms with van der Waals surface area (Å²) in [4.78, 5) is 28.6. The lowest BCUT2D eigenvalue weighted by Gasteiger charge is -2.36. The van der Waals surface area contributed by atoms with Gasteiger partial charge in [0.2, 0.25) is 5.91 Å². The second-order valence-corrected chi connectivity index (χ2v) is 7.38. The van der Waals surface area contributed by atoms with Crippen molar-refractivity contribution in [3.63, 3.8) is 0 Å². The van der Waals surface area contributed by atoms with E-state index in [9.17, 15) is 9.59 Å². The van der Waals surface area contributed by atoms with Gasteiger partial charge in [-0.15, -0.1) is 0 Å². The number of anilines is 2. The second kappa shape index (κ2) is 9.65. The van der Waals surface area contributed by atoms with Crippen LogP contribution < -0.4 is 15.0 Å². The quantitative estimate of drug-likeness (QED) is 0.773. The third-order valence-electron chi connectivity index (χ3n) is 4.97. The zero-order valence-corrected chi connectivity index (χ0v) is 17.5. The molecule has 29 heavy (non-hydrogen) atoms. The first-order chi connectivity index (χ1) is 14.0. The summed E-state index contributed by atoms with van der Waals surface area (Å²) in [7, 11) is 1.56. The van der Waals surface area contributed by atoms with Gasteiger partial charge in [-0.1, -0.05) is 24.6 Å². The van der Waals surface area contributed by atoms with E-state index >= 15 is 0 Å². The van der Waals surface area contributed by atoms with Crippen LogP contribution >= 0.6 is 11.6 Å². The molecule has 154 valence electrons. The van der Waals surface area contributed by atoms with Gasteiger partial charge in [0.1, 0.15) is 5.75 Å². The number of carbonyl (C=O) groups excluding carboxylic acids is 2. The Bertz CT molecular complexity index is 879. The molecule has 1 saturated heterocycles. The molecule has 6 nitrogen and oxygen atoms in total. The van der Waals surface area contributed by atoms with Crippen LogP contribution in [0.1, 0.15) is 30.1 Å². The van der Waals surface area contributed by atoms with Gasteiger partial charge in [-0.05, 0) is 42.8 Å². The summed E-state index contributed by atoms with van der Waals surface area (Å²) in [6.45, 7) is 4.89. The smallest absolute Gasteiger partial charge is 0.255 e. The van der Waals surface area contributed by atoms with Gasteiger partial charge in [0.25, 0.3) is 5.91 Å². The number of halogens is 1. The van der Waals surface area contributed by atoms with Gasteiger partial charge in [-0.2, -0.15) is 0 Å². The van der Waals surface area contributed by atoms with Crippen molar-refractivity contribution in [1.82, 2.24) is 4.90 Å². The lowest BCUT2D eigenvalue weighted by molar-refractivity contribution is -0.131. The lowest BCUT2D eigenvalue weighted by Crippen LogP contribution is -2.48. The van der Waals surface area contributed by atoms with E-state index in [1.165, 1.54) is 0 Å². The number of piperazine rings is 1. The van der Waals surface area contributed by atoms with Crippen molar-refractivity contribution in [1.29, 1.82) is 0 Å². The van der Waals surface area contributed by atoms with E-state index in [0.29, 0.717) is 41.5 Å². The molecule has 7 heteroatoms. The van der Waals surface area contributed by atoms with Crippen molar-refractivity contribution in [3.8, 4) is 5.75 Å². The minimum absolute atomic E-state index is 0.217. The van der Waals surface area contributed by atoms with E-state index in [2.05, 4.69) is 10.2 Å². The van der Waals surface area contributed by atoms with Gasteiger partial charge in [-0.3, -0.25) is 9.59 Å². The molecule has 2 aromatic carbocycles. The maximum absolute atomic E-state index is 12.5. The van der Waals surface area contributed by atoms with Gasteiger partial charge in [-0.25, -0.2) is 0 Å². The van der Waals surface area contributed by atoms with Crippen LogP contribution in [0.25, 0.3) is 0 Å². The summed E-state index contributed by atoms with van der Waals surface area (Å²) >= 11 is 6.50. The standard InChI is InChI=1S/C22H26ClN3O3/c1-3-5-21(27)26-12-10-25(11-13-26)20-9-8-17(15-19(20)23)24-22(28)16-6-4-7-18(14-16)29-2/h4,6-9,14-15H,3,5,10-13H2,1-2H3,(H,24,28). The lowest BCUT2D eigenvalue weighted by atomic mass is 10.2. The summed E-state index contributed by atoms with van der Waals surface area (Å²) in [5.74, 6) is 0.618. The third-order valence-corrected chi connectivity index (χ3v) is 5.28. The number of hydrogen-bond donors (Lipinski definition) is 1. The molecule has 1 fully saturated rings. The molecule has 0 aliphatic carbocycles. The van der Waals surface area contributed by atoms with Gasteiger partial charge in [0.15, 0.2) is 0 Å². The molecule has 2 aromatic rings. The predicted octanol–water partition coefficient (Wildman–Crippen LogP) is 4.05. The highest BCUT2D eigenvalue weighted by Gasteiger charge is 2.22. The van der Waals surface area contributed by atoms with Crippen LogP contribution in [0.5, 0.6) is 5.75 Å². The highest BCUT2D eigenvalue weighted by atomic mass is 35.5. The Morgan fingerprint density at radius 2 is 1.86 bits per heavy atom. The van der Waals surface area contributed by atoms with E-state index in [1.54, 1.807) is 37.4 Å². The van der Waals surface area contributed by atoms with Crippen LogP contribution in [0, 0.1) is 0 Å². The second-order valence-electron chi connectivity index (χ2n) is 6.97. The molecule has 0 radical (unpaired) electrons. The fraction of sp³-hybridized carbons (Fsp3) is 0.364. The number of benzene rings is 2. The molecule has 1 heterocycles. The van der Waals surface area contributed by atoms with Crippen molar-refractivity contribution in [2.45, 2.75) is 19.8 Å². The number of amides is 2. The number of methoxy groups -OCH3 is 1. The minimum Gasteiger partial charge on any atom is -0.497 e. The number of rotatable bonds is 6. The van der Waals surface area contributed by atoms with Crippen LogP contribution in [0.4, 0.5) is 11.4 Å². The largest absolute Gasteiger partial charge is 0.497 e. The SMILES string of the molecule is CCCC(=O)N1CCN(c2ccc(NC(=O)c3cccc(OC)c3)cc2Cl)CC1. The third kappa shape index (κ3) is 5.21. The van der Waals surface area contributed by atoms with E-state index in [-0.39, 0.29) is 11.8 Å². The number of ether oxygens (including phenoxy) is 1. The van der Waals surface area contributed by atoms with Crippen molar-refractivity contribution in [2.75, 3.05) is 43.5 Å². The minimum atomic E-state index is -0.226. The van der Waals surface area contributed by atoms with Gasteiger partial charge >= 0.3 is 0 Å². The van der Waals surface area contributed by atoms with Crippen LogP contribution in [0.3, 0.4) is 0 Å². The van der Waals surface area contributed by atoms with Crippen LogP contribution in [0.15, 0.2) is 42.5 Å². The van der Waals surface area contributed by atoms with Crippen molar-refractivity contribution in [3.05, 3.63) is 53.1 Å². The molecule has 0 atom stereocenters. The molecule has 0 saturated carbocycles. The first-order valence-corrected chi connectivity index (χ1v) is 10.2. The zero-order chi connectivity index (χ0) is 20.8. The van der Waals surface area contributed by atoms with Gasteiger partial charge in [0.05, 0.1) is 17.8 Å². The topological polar surface area (TPSA) is 61.9 Å². The number of carbonyl (C=O) groups is 2. The van der Waals surface area contributed by atoms with Crippen LogP contribution in [-0.2, 0) is 4.79 Å². The van der Waals surface area contributed by atoms with E-state index in [4.69, 9.17) is 16.3 Å². The Morgan fingerprint density at radius 1 is 1.10 bits per heavy atom. The molecule has 1 aliphatic rings. The maximum Gasteiger partial charge on any atom is 0.255 e. The highest BCUT2D eigenvalue weighted by Crippen LogP contribution is 2.30. The molecular weight excluding hydrogens is 390 g/mol. The first kappa shape index (κ1) is 21.0. The number of nitrogens with zero attached hydrogens (tertiary/aromatic N) is 2. The van der Waals surface area contributed by atoms with E-state index in [0.717, 1.165) is 25.2 Å². The van der Waals surface area contributed by atoms with Crippen molar-refractivity contribution < 1.29 is 14.3 Å². The van der Waals surface area contributed by atoms with Crippen LogP contribution in [-0.4, -0.2) is 50.0 Å². The Hall–Kier alpha value is -2.73. The van der Waals surface area contributed by atoms with E-state index in [1.807, 2.05) is 24.0 Å². The average molecular weight is 416 g/mol. The number of hydrogen-bond acceptors (Lipinski definition) is 4. The maximum atomic E-state index is 12.5. The Kier molecular flexibility index (Phi) is 6.99. The number of nitrogens with one attached hydrogen (secondary N) is 1. The molecule has 2 amide bonds. The fourth-order valence-electron chi connectivity index (χ4n) is 3.38. The summed E-state index contributed by atoms with van der Waals surface area (Å²) in [5, 5.41) is 3.44. The predicted molar refractivity (Wildman–Crippen MR) is 116 cm³/mol. The molecule has 0 spiro atoms. The molecule has 0 unspecified atom stereocenters. The average Bonchev–Trinajstić information content (AvgIpc) is 2.74. The Morgan fingerprint density at radius 3 is 2.52 bits per heavy atom. The van der Waals surface area contributed by atoms with E-state index < -0.39 is 0 Å². The summed E-state index contributed by atoms with van der Waals surface area (Å²) < 4.78 is 5.16. The Balaban J connectivity index is 1.63. The summed E-state index contributed by atoms with van der Waals surface area (Å²) in [5.41, 5.74) is 2.05. The zero-order valence-electron chi connectivity index (χ0n) is 16.8. The van der Waals surface area contributed by atoms with Gasteiger partial charge < -0.3 is 19.9 Å². The summed E-state index contributed by atoms with van der Waals surface area (Å²) in [6.07, 6.45) is 1.47. The monoisotopic (exact) mass is 415 g/mol. The first-order valence-electron chi connectivity index (χ1n) is 9.79. The van der Waals surface area contributed by atoms with Gasteiger partial charge in [0, 0.05) is 43.9 Å². The molecule has 1 N–H and O–H groups in total. The molecular formula is C22H26ClN3O3. The Labute approximate surface area is 176 Å². The molecule has 0 bridgehead atoms. The molecule has 0 aromatic heterocycles.